The Morgan fingerprint density at radius 3 is 2.70 bits per heavy atom. The van der Waals surface area contributed by atoms with E-state index >= 15 is 0 Å². The van der Waals surface area contributed by atoms with Gasteiger partial charge in [-0.1, -0.05) is 12.1 Å². The molecule has 0 amide bonds. The predicted molar refractivity (Wildman–Crippen MR) is 82.8 cm³/mol. The Morgan fingerprint density at radius 1 is 1.20 bits per heavy atom. The molecule has 0 spiro atoms. The van der Waals surface area contributed by atoms with Crippen molar-refractivity contribution in [3.63, 3.8) is 0 Å². The average Bonchev–Trinajstić information content (AvgIpc) is 3.07. The number of hydrogen-bond donors (Lipinski definition) is 1. The van der Waals surface area contributed by atoms with Crippen molar-refractivity contribution in [1.82, 2.24) is 19.9 Å². The second-order valence-electron chi connectivity index (χ2n) is 5.00. The van der Waals surface area contributed by atoms with E-state index in [0.717, 1.165) is 21.9 Å². The van der Waals surface area contributed by atoms with E-state index in [4.69, 9.17) is 4.98 Å². The van der Waals surface area contributed by atoms with Crippen LogP contribution < -0.4 is 5.32 Å². The summed E-state index contributed by atoms with van der Waals surface area (Å²) in [6.45, 7) is 4.28. The number of imidazole rings is 1. The van der Waals surface area contributed by atoms with Crippen molar-refractivity contribution < 1.29 is 0 Å². The fourth-order valence-corrected chi connectivity index (χ4v) is 3.18. The normalized spacial score (nSPS) is 14.6. The van der Waals surface area contributed by atoms with E-state index in [1.165, 1.54) is 0 Å². The van der Waals surface area contributed by atoms with Crippen molar-refractivity contribution in [2.45, 2.75) is 25.9 Å². The van der Waals surface area contributed by atoms with Crippen LogP contribution >= 0.6 is 11.3 Å². The number of aromatic nitrogens is 3. The molecule has 104 valence electrons. The lowest BCUT2D eigenvalue weighted by molar-refractivity contribution is 0.467. The first kappa shape index (κ1) is 13.3. The molecule has 3 aromatic rings. The number of benzene rings is 1. The predicted octanol–water partition coefficient (Wildman–Crippen LogP) is 3.44. The maximum absolute atomic E-state index is 4.73. The average molecular weight is 286 g/mol. The van der Waals surface area contributed by atoms with Gasteiger partial charge in [0.2, 0.25) is 0 Å². The van der Waals surface area contributed by atoms with Gasteiger partial charge in [-0.25, -0.2) is 9.97 Å². The van der Waals surface area contributed by atoms with Gasteiger partial charge >= 0.3 is 0 Å². The topological polar surface area (TPSA) is 42.7 Å². The van der Waals surface area contributed by atoms with Crippen LogP contribution in [0, 0.1) is 0 Å². The lowest BCUT2D eigenvalue weighted by atomic mass is 10.2. The standard InChI is InChI=1S/C15H18N4S/c1-10(17-11(2)15-16-8-9-20-15)14-18-12-6-4-5-7-13(12)19(14)3/h4-11,17H,1-3H3. The van der Waals surface area contributed by atoms with Gasteiger partial charge in [-0.15, -0.1) is 11.3 Å². The van der Waals surface area contributed by atoms with Gasteiger partial charge < -0.3 is 4.57 Å². The molecule has 0 bridgehead atoms. The molecule has 3 rings (SSSR count). The summed E-state index contributed by atoms with van der Waals surface area (Å²) < 4.78 is 2.15. The zero-order chi connectivity index (χ0) is 14.1. The third kappa shape index (κ3) is 2.34. The van der Waals surface area contributed by atoms with Gasteiger partial charge in [-0.3, -0.25) is 5.32 Å². The molecule has 1 aromatic carbocycles. The van der Waals surface area contributed by atoms with Gasteiger partial charge in [-0.05, 0) is 26.0 Å². The molecular formula is C15H18N4S. The molecule has 0 aliphatic rings. The Morgan fingerprint density at radius 2 is 2.00 bits per heavy atom. The van der Waals surface area contributed by atoms with Crippen molar-refractivity contribution in [1.29, 1.82) is 0 Å². The van der Waals surface area contributed by atoms with Crippen LogP contribution in [0.4, 0.5) is 0 Å². The lowest BCUT2D eigenvalue weighted by Crippen LogP contribution is -2.24. The molecule has 2 heterocycles. The Kier molecular flexibility index (Phi) is 3.54. The van der Waals surface area contributed by atoms with Gasteiger partial charge in [0, 0.05) is 18.6 Å². The van der Waals surface area contributed by atoms with Gasteiger partial charge in [-0.2, -0.15) is 0 Å². The van der Waals surface area contributed by atoms with Crippen molar-refractivity contribution >= 4 is 22.4 Å². The van der Waals surface area contributed by atoms with Gasteiger partial charge in [0.25, 0.3) is 0 Å². The van der Waals surface area contributed by atoms with E-state index in [-0.39, 0.29) is 12.1 Å². The largest absolute Gasteiger partial charge is 0.330 e. The highest BCUT2D eigenvalue weighted by atomic mass is 32.1. The second-order valence-corrected chi connectivity index (χ2v) is 5.92. The second kappa shape index (κ2) is 5.34. The van der Waals surface area contributed by atoms with E-state index in [1.54, 1.807) is 11.3 Å². The quantitative estimate of drug-likeness (QED) is 0.799. The molecule has 5 heteroatoms. The number of aryl methyl sites for hydroxylation is 1. The summed E-state index contributed by atoms with van der Waals surface area (Å²) in [5.41, 5.74) is 2.21. The lowest BCUT2D eigenvalue weighted by Gasteiger charge is -2.18. The van der Waals surface area contributed by atoms with Crippen LogP contribution in [0.25, 0.3) is 11.0 Å². The first-order valence-electron chi connectivity index (χ1n) is 6.73. The van der Waals surface area contributed by atoms with Crippen molar-refractivity contribution in [2.24, 2.45) is 7.05 Å². The Hall–Kier alpha value is -1.72. The molecule has 0 radical (unpaired) electrons. The summed E-state index contributed by atoms with van der Waals surface area (Å²) >= 11 is 1.68. The summed E-state index contributed by atoms with van der Waals surface area (Å²) in [6.07, 6.45) is 1.85. The first-order valence-corrected chi connectivity index (χ1v) is 7.61. The third-order valence-corrected chi connectivity index (χ3v) is 4.49. The van der Waals surface area contributed by atoms with Crippen LogP contribution in [0.5, 0.6) is 0 Å². The SMILES string of the molecule is CC(NC(C)c1nc2ccccc2n1C)c1nccs1. The van der Waals surface area contributed by atoms with Crippen molar-refractivity contribution in [3.05, 3.63) is 46.7 Å². The summed E-state index contributed by atoms with van der Waals surface area (Å²) in [6, 6.07) is 8.62. The molecular weight excluding hydrogens is 268 g/mol. The Balaban J connectivity index is 1.85. The fraction of sp³-hybridized carbons (Fsp3) is 0.333. The number of fused-ring (bicyclic) bond motifs is 1. The zero-order valence-corrected chi connectivity index (χ0v) is 12.7. The van der Waals surface area contributed by atoms with Crippen LogP contribution in [0.2, 0.25) is 0 Å². The zero-order valence-electron chi connectivity index (χ0n) is 11.9. The molecule has 2 unspecified atom stereocenters. The minimum absolute atomic E-state index is 0.172. The van der Waals surface area contributed by atoms with E-state index in [0.29, 0.717) is 0 Å². The maximum atomic E-state index is 4.73. The Bertz CT molecular complexity index is 702. The molecule has 0 aliphatic carbocycles. The van der Waals surface area contributed by atoms with Crippen LogP contribution in [-0.4, -0.2) is 14.5 Å². The molecule has 20 heavy (non-hydrogen) atoms. The summed E-state index contributed by atoms with van der Waals surface area (Å²) in [5.74, 6) is 1.05. The molecule has 4 nitrogen and oxygen atoms in total. The van der Waals surface area contributed by atoms with E-state index in [1.807, 2.05) is 23.7 Å². The molecule has 0 aliphatic heterocycles. The molecule has 0 saturated carbocycles. The fourth-order valence-electron chi connectivity index (χ4n) is 2.52. The van der Waals surface area contributed by atoms with Crippen LogP contribution in [0.15, 0.2) is 35.8 Å². The summed E-state index contributed by atoms with van der Waals surface area (Å²) in [7, 11) is 2.07. The van der Waals surface area contributed by atoms with E-state index in [9.17, 15) is 0 Å². The van der Waals surface area contributed by atoms with Gasteiger partial charge in [0.1, 0.15) is 10.8 Å². The Labute approximate surface area is 122 Å². The smallest absolute Gasteiger partial charge is 0.126 e. The van der Waals surface area contributed by atoms with Gasteiger partial charge in [0.15, 0.2) is 0 Å². The molecule has 1 N–H and O–H groups in total. The van der Waals surface area contributed by atoms with E-state index in [2.05, 4.69) is 47.9 Å². The van der Waals surface area contributed by atoms with Crippen LogP contribution in [0.3, 0.4) is 0 Å². The number of nitrogens with zero attached hydrogens (tertiary/aromatic N) is 3. The summed E-state index contributed by atoms with van der Waals surface area (Å²) in [4.78, 5) is 9.09. The molecule has 2 aromatic heterocycles. The maximum Gasteiger partial charge on any atom is 0.126 e. The van der Waals surface area contributed by atoms with Gasteiger partial charge in [0.05, 0.1) is 23.1 Å². The highest BCUT2D eigenvalue weighted by molar-refractivity contribution is 7.09. The number of nitrogens with one attached hydrogen (secondary N) is 1. The minimum Gasteiger partial charge on any atom is -0.330 e. The van der Waals surface area contributed by atoms with E-state index < -0.39 is 0 Å². The highest BCUT2D eigenvalue weighted by Gasteiger charge is 2.17. The van der Waals surface area contributed by atoms with Crippen molar-refractivity contribution in [3.8, 4) is 0 Å². The number of para-hydroxylation sites is 2. The van der Waals surface area contributed by atoms with Crippen molar-refractivity contribution in [2.75, 3.05) is 0 Å². The molecule has 2 atom stereocenters. The van der Waals surface area contributed by atoms with Crippen LogP contribution in [0.1, 0.15) is 36.8 Å². The monoisotopic (exact) mass is 286 g/mol. The number of rotatable bonds is 4. The highest BCUT2D eigenvalue weighted by Crippen LogP contribution is 2.23. The van der Waals surface area contributed by atoms with Crippen LogP contribution in [-0.2, 0) is 7.05 Å². The number of hydrogen-bond acceptors (Lipinski definition) is 4. The molecule has 0 fully saturated rings. The number of thiazole rings is 1. The first-order chi connectivity index (χ1) is 9.66. The summed E-state index contributed by atoms with van der Waals surface area (Å²) in [5, 5.41) is 6.68. The minimum atomic E-state index is 0.172. The molecule has 0 saturated heterocycles. The third-order valence-electron chi connectivity index (χ3n) is 3.53.